The van der Waals surface area contributed by atoms with Gasteiger partial charge in [0.05, 0.1) is 22.8 Å². The fourth-order valence-corrected chi connectivity index (χ4v) is 5.92. The van der Waals surface area contributed by atoms with Crippen LogP contribution in [-0.4, -0.2) is 39.9 Å². The maximum atomic E-state index is 4.89. The first kappa shape index (κ1) is 35.7. The van der Waals surface area contributed by atoms with Crippen LogP contribution in [0.5, 0.6) is 0 Å². The van der Waals surface area contributed by atoms with Crippen molar-refractivity contribution in [3.63, 3.8) is 0 Å². The molecule has 8 aromatic rings. The van der Waals surface area contributed by atoms with Crippen molar-refractivity contribution in [3.8, 4) is 68.3 Å². The molecule has 9 rings (SSSR count). The van der Waals surface area contributed by atoms with Crippen molar-refractivity contribution in [2.75, 3.05) is 0 Å². The molecule has 0 amide bonds. The van der Waals surface area contributed by atoms with E-state index < -0.39 is 0 Å². The van der Waals surface area contributed by atoms with Crippen LogP contribution in [0.15, 0.2) is 189 Å². The Balaban J connectivity index is 0.000000166. The van der Waals surface area contributed by atoms with E-state index in [1.165, 1.54) is 0 Å². The number of nitrogens with zero attached hydrogens (tertiary/aromatic N) is 8. The van der Waals surface area contributed by atoms with Crippen LogP contribution in [0.4, 0.5) is 0 Å². The van der Waals surface area contributed by atoms with Gasteiger partial charge >= 0.3 is 0 Å². The zero-order chi connectivity index (χ0) is 35.7. The SMILES string of the molecule is C1=CC(c2cnc(-c3nccc(-c4ccccc4)n3)nc2-c2ccccc2)C=C1.[Zn].c1ccc(-c2ccnc(-c3nccc(-c4ccccc4)n3)n2)cc1. The molecule has 54 heavy (non-hydrogen) atoms. The predicted molar refractivity (Wildman–Crippen MR) is 209 cm³/mol. The van der Waals surface area contributed by atoms with E-state index in [2.05, 4.69) is 66.3 Å². The third kappa shape index (κ3) is 8.33. The Kier molecular flexibility index (Phi) is 11.4. The van der Waals surface area contributed by atoms with Crippen molar-refractivity contribution >= 4 is 0 Å². The Morgan fingerprint density at radius 2 is 0.704 bits per heavy atom. The zero-order valence-electron chi connectivity index (χ0n) is 29.3. The molecule has 0 saturated heterocycles. The van der Waals surface area contributed by atoms with Crippen molar-refractivity contribution in [1.82, 2.24) is 39.9 Å². The van der Waals surface area contributed by atoms with E-state index in [1.54, 1.807) is 18.6 Å². The van der Waals surface area contributed by atoms with Crippen molar-refractivity contribution in [2.45, 2.75) is 5.92 Å². The fraction of sp³-hybridized carbons (Fsp3) is 0.0222. The van der Waals surface area contributed by atoms with Crippen LogP contribution in [0.1, 0.15) is 11.5 Å². The minimum absolute atomic E-state index is 0. The Bertz CT molecular complexity index is 2420. The zero-order valence-corrected chi connectivity index (χ0v) is 32.2. The van der Waals surface area contributed by atoms with Crippen molar-refractivity contribution in [1.29, 1.82) is 0 Å². The van der Waals surface area contributed by atoms with Gasteiger partial charge in [0.25, 0.3) is 0 Å². The van der Waals surface area contributed by atoms with Crippen LogP contribution in [0, 0.1) is 0 Å². The van der Waals surface area contributed by atoms with Gasteiger partial charge in [-0.15, -0.1) is 0 Å². The van der Waals surface area contributed by atoms with E-state index >= 15 is 0 Å². The first-order valence-electron chi connectivity index (χ1n) is 17.2. The summed E-state index contributed by atoms with van der Waals surface area (Å²) in [6.45, 7) is 0. The van der Waals surface area contributed by atoms with Gasteiger partial charge < -0.3 is 0 Å². The molecule has 0 radical (unpaired) electrons. The Morgan fingerprint density at radius 1 is 0.352 bits per heavy atom. The largest absolute Gasteiger partial charge is 0.234 e. The third-order valence-electron chi connectivity index (χ3n) is 8.55. The minimum atomic E-state index is 0. The number of hydrogen-bond acceptors (Lipinski definition) is 8. The van der Waals surface area contributed by atoms with Crippen LogP contribution in [0.2, 0.25) is 0 Å². The molecule has 4 aromatic carbocycles. The number of hydrogen-bond donors (Lipinski definition) is 0. The molecule has 4 heterocycles. The summed E-state index contributed by atoms with van der Waals surface area (Å²) in [5, 5.41) is 0. The van der Waals surface area contributed by atoms with Gasteiger partial charge in [0.15, 0.2) is 23.3 Å². The number of aromatic nitrogens is 8. The predicted octanol–water partition coefficient (Wildman–Crippen LogP) is 9.74. The second kappa shape index (κ2) is 17.2. The summed E-state index contributed by atoms with van der Waals surface area (Å²) >= 11 is 0. The van der Waals surface area contributed by atoms with Gasteiger partial charge in [0.2, 0.25) is 0 Å². The smallest absolute Gasteiger partial charge is 0.198 e. The number of benzene rings is 4. The van der Waals surface area contributed by atoms with Gasteiger partial charge in [0.1, 0.15) is 0 Å². The van der Waals surface area contributed by atoms with E-state index in [-0.39, 0.29) is 25.4 Å². The molecule has 0 bridgehead atoms. The average Bonchev–Trinajstić information content (AvgIpc) is 3.80. The van der Waals surface area contributed by atoms with Gasteiger partial charge in [-0.2, -0.15) is 0 Å². The first-order valence-corrected chi connectivity index (χ1v) is 17.2. The summed E-state index contributed by atoms with van der Waals surface area (Å²) in [5.41, 5.74) is 8.72. The molecule has 0 spiro atoms. The summed E-state index contributed by atoms with van der Waals surface area (Å²) in [6, 6.07) is 45.9. The van der Waals surface area contributed by atoms with Crippen LogP contribution in [-0.2, 0) is 19.5 Å². The Labute approximate surface area is 326 Å². The second-order valence-corrected chi connectivity index (χ2v) is 12.1. The molecule has 9 heteroatoms. The summed E-state index contributed by atoms with van der Waals surface area (Å²) in [5.74, 6) is 2.27. The quantitative estimate of drug-likeness (QED) is 0.149. The minimum Gasteiger partial charge on any atom is -0.234 e. The summed E-state index contributed by atoms with van der Waals surface area (Å²) in [6.07, 6.45) is 15.5. The molecule has 8 nitrogen and oxygen atoms in total. The van der Waals surface area contributed by atoms with Gasteiger partial charge in [-0.1, -0.05) is 146 Å². The molecular formula is C45H32N8Zn. The molecule has 254 valence electrons. The average molecular weight is 750 g/mol. The van der Waals surface area contributed by atoms with E-state index in [1.807, 2.05) is 134 Å². The van der Waals surface area contributed by atoms with Gasteiger partial charge in [-0.25, -0.2) is 39.9 Å². The Morgan fingerprint density at radius 3 is 1.09 bits per heavy atom. The van der Waals surface area contributed by atoms with E-state index in [9.17, 15) is 0 Å². The van der Waals surface area contributed by atoms with Crippen molar-refractivity contribution in [2.24, 2.45) is 0 Å². The topological polar surface area (TPSA) is 103 Å². The van der Waals surface area contributed by atoms with Crippen LogP contribution in [0.3, 0.4) is 0 Å². The molecule has 0 unspecified atom stereocenters. The van der Waals surface area contributed by atoms with E-state index in [0.717, 1.165) is 50.6 Å². The van der Waals surface area contributed by atoms with Crippen molar-refractivity contribution < 1.29 is 19.5 Å². The van der Waals surface area contributed by atoms with E-state index in [0.29, 0.717) is 23.3 Å². The molecule has 0 atom stereocenters. The number of allylic oxidation sites excluding steroid dienone is 4. The molecule has 0 N–H and O–H groups in total. The monoisotopic (exact) mass is 748 g/mol. The standard InChI is InChI=1S/C25H18N4.C20H14N4.Zn/c1-3-11-19(12-4-1)22-15-16-26-24(28-22)25-27-17-21(18-9-7-8-10-18)23(29-25)20-13-5-2-6-14-20;1-3-7-15(8-4-1)17-11-13-21-19(23-17)20-22-14-12-18(24-20)16-9-5-2-6-10-16;/h1-18H;1-14H;. The molecule has 0 fully saturated rings. The molecular weight excluding hydrogens is 718 g/mol. The second-order valence-electron chi connectivity index (χ2n) is 12.1. The van der Waals surface area contributed by atoms with E-state index in [4.69, 9.17) is 9.97 Å². The molecule has 1 aliphatic carbocycles. The number of rotatable bonds is 7. The van der Waals surface area contributed by atoms with Crippen LogP contribution in [0.25, 0.3) is 68.3 Å². The van der Waals surface area contributed by atoms with Crippen LogP contribution < -0.4 is 0 Å². The van der Waals surface area contributed by atoms with Gasteiger partial charge in [-0.3, -0.25) is 0 Å². The summed E-state index contributed by atoms with van der Waals surface area (Å²) < 4.78 is 0. The van der Waals surface area contributed by atoms with Crippen LogP contribution >= 0.6 is 0 Å². The molecule has 1 aliphatic rings. The maximum Gasteiger partial charge on any atom is 0.198 e. The van der Waals surface area contributed by atoms with Crippen molar-refractivity contribution in [3.05, 3.63) is 194 Å². The molecule has 4 aromatic heterocycles. The summed E-state index contributed by atoms with van der Waals surface area (Å²) in [4.78, 5) is 36.5. The first-order chi connectivity index (χ1) is 26.3. The van der Waals surface area contributed by atoms with Gasteiger partial charge in [0, 0.05) is 78.0 Å². The van der Waals surface area contributed by atoms with Gasteiger partial charge in [-0.05, 0) is 18.2 Å². The summed E-state index contributed by atoms with van der Waals surface area (Å²) in [7, 11) is 0. The fourth-order valence-electron chi connectivity index (χ4n) is 5.92. The third-order valence-corrected chi connectivity index (χ3v) is 8.55. The Hall–Kier alpha value is -6.70. The molecule has 0 saturated carbocycles. The maximum absolute atomic E-state index is 4.89. The molecule has 0 aliphatic heterocycles. The normalized spacial score (nSPS) is 11.7.